The number of nitrogens with zero attached hydrogens (tertiary/aromatic N) is 5. The van der Waals surface area contributed by atoms with Crippen molar-refractivity contribution in [3.8, 4) is 17.2 Å². The van der Waals surface area contributed by atoms with Gasteiger partial charge in [0.2, 0.25) is 5.95 Å². The molecule has 0 aliphatic carbocycles. The lowest BCUT2D eigenvalue weighted by molar-refractivity contribution is 0.00415. The van der Waals surface area contributed by atoms with Gasteiger partial charge in [-0.05, 0) is 19.1 Å². The van der Waals surface area contributed by atoms with Gasteiger partial charge in [0.1, 0.15) is 39.8 Å². The minimum absolute atomic E-state index is 0.0509. The number of ether oxygens (including phenoxy) is 3. The zero-order chi connectivity index (χ0) is 23.5. The Morgan fingerprint density at radius 1 is 1.15 bits per heavy atom. The molecule has 1 aliphatic rings. The van der Waals surface area contributed by atoms with Gasteiger partial charge >= 0.3 is 0 Å². The van der Waals surface area contributed by atoms with E-state index in [-0.39, 0.29) is 17.1 Å². The largest absolute Gasteiger partial charge is 0.494 e. The summed E-state index contributed by atoms with van der Waals surface area (Å²) in [5.74, 6) is 2.53. The molecular weight excluding hydrogens is 468 g/mol. The van der Waals surface area contributed by atoms with Crippen molar-refractivity contribution in [3.05, 3.63) is 47.3 Å². The SMILES string of the molecule is COc1cccc(OC)c1-n1c(NS(=O)C(C)C(C)c2ncc(Cl)cn2)nnc1C1COC1. The smallest absolute Gasteiger partial charge is 0.241 e. The highest BCUT2D eigenvalue weighted by Crippen LogP contribution is 2.38. The number of hydrogen-bond acceptors (Lipinski definition) is 8. The van der Waals surface area contributed by atoms with Gasteiger partial charge in [-0.15, -0.1) is 10.2 Å². The van der Waals surface area contributed by atoms with Crippen LogP contribution in [0.5, 0.6) is 11.5 Å². The van der Waals surface area contributed by atoms with Crippen LogP contribution in [0.3, 0.4) is 0 Å². The van der Waals surface area contributed by atoms with E-state index in [9.17, 15) is 4.21 Å². The highest BCUT2D eigenvalue weighted by molar-refractivity contribution is 7.87. The van der Waals surface area contributed by atoms with E-state index in [4.69, 9.17) is 25.8 Å². The lowest BCUT2D eigenvalue weighted by Crippen LogP contribution is -2.29. The van der Waals surface area contributed by atoms with Gasteiger partial charge in [-0.3, -0.25) is 9.29 Å². The van der Waals surface area contributed by atoms with Crippen molar-refractivity contribution >= 4 is 28.5 Å². The number of nitrogens with one attached hydrogen (secondary N) is 1. The molecule has 2 aromatic heterocycles. The molecule has 3 atom stereocenters. The third-order valence-electron chi connectivity index (χ3n) is 5.60. The number of rotatable bonds is 9. The number of para-hydroxylation sites is 1. The van der Waals surface area contributed by atoms with Crippen molar-refractivity contribution < 1.29 is 18.4 Å². The molecule has 3 heterocycles. The summed E-state index contributed by atoms with van der Waals surface area (Å²) in [5, 5.41) is 8.79. The van der Waals surface area contributed by atoms with Crippen LogP contribution in [0.15, 0.2) is 30.6 Å². The van der Waals surface area contributed by atoms with Gasteiger partial charge in [0.25, 0.3) is 0 Å². The van der Waals surface area contributed by atoms with Gasteiger partial charge in [-0.25, -0.2) is 14.2 Å². The van der Waals surface area contributed by atoms with Crippen LogP contribution in [-0.2, 0) is 15.7 Å². The molecule has 33 heavy (non-hydrogen) atoms. The van der Waals surface area contributed by atoms with Crippen LogP contribution in [0, 0.1) is 0 Å². The van der Waals surface area contributed by atoms with Crippen molar-refractivity contribution in [2.75, 3.05) is 32.2 Å². The molecular formula is C21H25ClN6O4S. The first kappa shape index (κ1) is 23.4. The Morgan fingerprint density at radius 3 is 2.33 bits per heavy atom. The molecule has 0 bridgehead atoms. The van der Waals surface area contributed by atoms with E-state index in [0.717, 1.165) is 0 Å². The lowest BCUT2D eigenvalue weighted by atomic mass is 10.1. The number of aromatic nitrogens is 5. The van der Waals surface area contributed by atoms with Crippen molar-refractivity contribution in [2.45, 2.75) is 30.9 Å². The summed E-state index contributed by atoms with van der Waals surface area (Å²) in [5.41, 5.74) is 0.621. The predicted octanol–water partition coefficient (Wildman–Crippen LogP) is 3.11. The first-order valence-electron chi connectivity index (χ1n) is 10.3. The van der Waals surface area contributed by atoms with Crippen LogP contribution in [0.4, 0.5) is 5.95 Å². The maximum Gasteiger partial charge on any atom is 0.241 e. The monoisotopic (exact) mass is 492 g/mol. The summed E-state index contributed by atoms with van der Waals surface area (Å²) in [4.78, 5) is 8.52. The summed E-state index contributed by atoms with van der Waals surface area (Å²) in [6.45, 7) is 4.83. The molecule has 12 heteroatoms. The molecule has 0 saturated carbocycles. The van der Waals surface area contributed by atoms with E-state index in [1.807, 2.05) is 32.0 Å². The van der Waals surface area contributed by atoms with Crippen LogP contribution in [0.1, 0.15) is 37.3 Å². The number of benzene rings is 1. The lowest BCUT2D eigenvalue weighted by Gasteiger charge is -2.27. The van der Waals surface area contributed by atoms with Crippen molar-refractivity contribution in [3.63, 3.8) is 0 Å². The average Bonchev–Trinajstić information content (AvgIpc) is 3.18. The first-order valence-corrected chi connectivity index (χ1v) is 11.9. The molecule has 10 nitrogen and oxygen atoms in total. The average molecular weight is 493 g/mol. The van der Waals surface area contributed by atoms with Crippen LogP contribution < -0.4 is 14.2 Å². The number of halogens is 1. The quantitative estimate of drug-likeness (QED) is 0.484. The topological polar surface area (TPSA) is 113 Å². The molecule has 176 valence electrons. The van der Waals surface area contributed by atoms with E-state index in [0.29, 0.717) is 53.0 Å². The zero-order valence-electron chi connectivity index (χ0n) is 18.7. The van der Waals surface area contributed by atoms with E-state index in [1.54, 1.807) is 18.8 Å². The summed E-state index contributed by atoms with van der Waals surface area (Å²) in [7, 11) is 1.62. The van der Waals surface area contributed by atoms with Crippen molar-refractivity contribution in [2.24, 2.45) is 0 Å². The normalized spacial score (nSPS) is 16.5. The van der Waals surface area contributed by atoms with Crippen LogP contribution in [-0.4, -0.2) is 61.6 Å². The minimum atomic E-state index is -1.54. The molecule has 1 fully saturated rings. The van der Waals surface area contributed by atoms with Crippen LogP contribution in [0.2, 0.25) is 5.02 Å². The fourth-order valence-corrected chi connectivity index (χ4v) is 4.51. The van der Waals surface area contributed by atoms with E-state index in [1.165, 1.54) is 12.4 Å². The first-order chi connectivity index (χ1) is 15.9. The summed E-state index contributed by atoms with van der Waals surface area (Å²) in [6.07, 6.45) is 3.06. The molecule has 0 amide bonds. The Morgan fingerprint density at radius 2 is 1.79 bits per heavy atom. The van der Waals surface area contributed by atoms with Crippen LogP contribution in [0.25, 0.3) is 5.69 Å². The summed E-state index contributed by atoms with van der Waals surface area (Å²) >= 11 is 5.89. The molecule has 3 unspecified atom stereocenters. The summed E-state index contributed by atoms with van der Waals surface area (Å²) in [6, 6.07) is 5.48. The highest BCUT2D eigenvalue weighted by Gasteiger charge is 2.32. The Bertz CT molecular complexity index is 1120. The van der Waals surface area contributed by atoms with Gasteiger partial charge in [0, 0.05) is 18.3 Å². The van der Waals surface area contributed by atoms with Gasteiger partial charge in [0.05, 0.1) is 43.6 Å². The van der Waals surface area contributed by atoms with Gasteiger partial charge < -0.3 is 14.2 Å². The maximum absolute atomic E-state index is 13.3. The number of methoxy groups -OCH3 is 2. The van der Waals surface area contributed by atoms with Crippen LogP contribution >= 0.6 is 11.6 Å². The fraction of sp³-hybridized carbons (Fsp3) is 0.429. The molecule has 3 aromatic rings. The standard InChI is InChI=1S/C21H25ClN6O4S/c1-12(19-23-8-15(22)9-24-19)13(2)33(29)27-21-26-25-20(14-10-32-11-14)28(21)18-16(30-3)6-5-7-17(18)31-4/h5-9,12-14H,10-11H2,1-4H3,(H,26,27). The molecule has 1 saturated heterocycles. The van der Waals surface area contributed by atoms with E-state index >= 15 is 0 Å². The Hall–Kier alpha value is -2.76. The molecule has 1 aromatic carbocycles. The summed E-state index contributed by atoms with van der Waals surface area (Å²) < 4.78 is 34.7. The molecule has 0 spiro atoms. The third kappa shape index (κ3) is 4.66. The fourth-order valence-electron chi connectivity index (χ4n) is 3.42. The second-order valence-electron chi connectivity index (χ2n) is 7.62. The number of hydrogen-bond donors (Lipinski definition) is 1. The second kappa shape index (κ2) is 10.0. The number of anilines is 1. The van der Waals surface area contributed by atoms with Gasteiger partial charge in [0.15, 0.2) is 0 Å². The molecule has 1 aliphatic heterocycles. The molecule has 1 N–H and O–H groups in total. The van der Waals surface area contributed by atoms with E-state index < -0.39 is 11.0 Å². The minimum Gasteiger partial charge on any atom is -0.494 e. The maximum atomic E-state index is 13.3. The van der Waals surface area contributed by atoms with Crippen molar-refractivity contribution in [1.29, 1.82) is 0 Å². The Kier molecular flexibility index (Phi) is 7.11. The van der Waals surface area contributed by atoms with Gasteiger partial charge in [-0.2, -0.15) is 0 Å². The molecule has 4 rings (SSSR count). The third-order valence-corrected chi connectivity index (χ3v) is 7.26. The van der Waals surface area contributed by atoms with Crippen molar-refractivity contribution in [1.82, 2.24) is 24.7 Å². The second-order valence-corrected chi connectivity index (χ2v) is 9.59. The Balaban J connectivity index is 1.69. The predicted molar refractivity (Wildman–Crippen MR) is 125 cm³/mol. The zero-order valence-corrected chi connectivity index (χ0v) is 20.3. The molecule has 0 radical (unpaired) electrons. The highest BCUT2D eigenvalue weighted by atomic mass is 35.5. The van der Waals surface area contributed by atoms with Gasteiger partial charge in [-0.1, -0.05) is 24.6 Å². The Labute approximate surface area is 199 Å². The van der Waals surface area contributed by atoms with E-state index in [2.05, 4.69) is 24.9 Å².